The predicted molar refractivity (Wildman–Crippen MR) is 120 cm³/mol. The maximum Gasteiger partial charge on any atom is 0.255 e. The van der Waals surface area contributed by atoms with Crippen LogP contribution in [0.4, 0.5) is 4.39 Å². The van der Waals surface area contributed by atoms with Crippen LogP contribution < -0.4 is 10.1 Å². The lowest BCUT2D eigenvalue weighted by Crippen LogP contribution is -2.44. The molecule has 34 heavy (non-hydrogen) atoms. The number of para-hydroxylation sites is 1. The van der Waals surface area contributed by atoms with Crippen molar-refractivity contribution < 1.29 is 28.3 Å². The number of nitrogens with one attached hydrogen (secondary N) is 1. The van der Waals surface area contributed by atoms with Crippen molar-refractivity contribution in [1.82, 2.24) is 10.2 Å². The summed E-state index contributed by atoms with van der Waals surface area (Å²) in [7, 11) is 0. The summed E-state index contributed by atoms with van der Waals surface area (Å²) in [5.41, 5.74) is 0.893. The van der Waals surface area contributed by atoms with Gasteiger partial charge in [-0.25, -0.2) is 4.39 Å². The summed E-state index contributed by atoms with van der Waals surface area (Å²) < 4.78 is 21.3. The van der Waals surface area contributed by atoms with E-state index in [1.807, 2.05) is 24.3 Å². The van der Waals surface area contributed by atoms with Gasteiger partial charge in [-0.05, 0) is 44.4 Å². The van der Waals surface area contributed by atoms with Gasteiger partial charge in [-0.1, -0.05) is 18.2 Å². The monoisotopic (exact) mass is 464 g/mol. The SMILES string of the molecule is C[C@H](NC(=O)c1ccc2c(c1F)CN(C1CCC(=O)CC1=O)C2=O)c1ccccc1OC1CC1. The van der Waals surface area contributed by atoms with Crippen molar-refractivity contribution in [3.05, 3.63) is 64.5 Å². The molecule has 8 heteroatoms. The van der Waals surface area contributed by atoms with Crippen LogP contribution in [-0.4, -0.2) is 40.4 Å². The minimum Gasteiger partial charge on any atom is -0.490 e. The summed E-state index contributed by atoms with van der Waals surface area (Å²) in [6, 6.07) is 9.01. The quantitative estimate of drug-likeness (QED) is 0.661. The van der Waals surface area contributed by atoms with E-state index in [4.69, 9.17) is 4.74 Å². The van der Waals surface area contributed by atoms with E-state index in [1.54, 1.807) is 6.92 Å². The number of hydrogen-bond acceptors (Lipinski definition) is 5. The predicted octanol–water partition coefficient (Wildman–Crippen LogP) is 3.50. The first kappa shape index (κ1) is 22.3. The molecule has 1 heterocycles. The second-order valence-corrected chi connectivity index (χ2v) is 9.17. The highest BCUT2D eigenvalue weighted by atomic mass is 19.1. The van der Waals surface area contributed by atoms with Gasteiger partial charge in [0.1, 0.15) is 17.3 Å². The molecule has 0 aromatic heterocycles. The molecule has 2 amide bonds. The third kappa shape index (κ3) is 4.08. The van der Waals surface area contributed by atoms with Gasteiger partial charge in [0.2, 0.25) is 0 Å². The van der Waals surface area contributed by atoms with Gasteiger partial charge in [0.05, 0.1) is 36.7 Å². The van der Waals surface area contributed by atoms with E-state index < -0.39 is 29.7 Å². The number of ether oxygens (including phenoxy) is 1. The highest BCUT2D eigenvalue weighted by Crippen LogP contribution is 2.34. The molecule has 2 aliphatic carbocycles. The van der Waals surface area contributed by atoms with Crippen LogP contribution in [0.2, 0.25) is 0 Å². The van der Waals surface area contributed by atoms with Crippen molar-refractivity contribution in [3.63, 3.8) is 0 Å². The van der Waals surface area contributed by atoms with E-state index >= 15 is 4.39 Å². The zero-order valence-corrected chi connectivity index (χ0v) is 18.8. The van der Waals surface area contributed by atoms with Crippen LogP contribution in [0.3, 0.4) is 0 Å². The van der Waals surface area contributed by atoms with Gasteiger partial charge in [0, 0.05) is 23.1 Å². The van der Waals surface area contributed by atoms with Crippen molar-refractivity contribution in [2.75, 3.05) is 0 Å². The van der Waals surface area contributed by atoms with Crippen LogP contribution >= 0.6 is 0 Å². The Morgan fingerprint density at radius 1 is 1.12 bits per heavy atom. The number of hydrogen-bond donors (Lipinski definition) is 1. The second-order valence-electron chi connectivity index (χ2n) is 9.17. The normalized spacial score (nSPS) is 20.8. The van der Waals surface area contributed by atoms with Gasteiger partial charge in [-0.2, -0.15) is 0 Å². The number of carbonyl (C=O) groups is 4. The summed E-state index contributed by atoms with van der Waals surface area (Å²) in [5, 5.41) is 2.83. The molecule has 1 unspecified atom stereocenters. The Kier molecular flexibility index (Phi) is 5.67. The summed E-state index contributed by atoms with van der Waals surface area (Å²) in [6.07, 6.45) is 2.47. The molecular weight excluding hydrogens is 439 g/mol. The first-order valence-corrected chi connectivity index (χ1v) is 11.6. The number of halogens is 1. The zero-order chi connectivity index (χ0) is 24.0. The molecule has 1 aliphatic heterocycles. The smallest absolute Gasteiger partial charge is 0.255 e. The fourth-order valence-corrected chi connectivity index (χ4v) is 4.65. The molecule has 7 nitrogen and oxygen atoms in total. The van der Waals surface area contributed by atoms with Crippen LogP contribution in [0.25, 0.3) is 0 Å². The largest absolute Gasteiger partial charge is 0.490 e. The number of carbonyl (C=O) groups excluding carboxylic acids is 4. The number of nitrogens with zero attached hydrogens (tertiary/aromatic N) is 1. The molecule has 5 rings (SSSR count). The molecule has 2 fully saturated rings. The number of rotatable bonds is 6. The summed E-state index contributed by atoms with van der Waals surface area (Å²) >= 11 is 0. The van der Waals surface area contributed by atoms with E-state index in [0.717, 1.165) is 18.4 Å². The number of amides is 2. The molecule has 0 spiro atoms. The molecular formula is C26H25FN2O5. The highest BCUT2D eigenvalue weighted by Gasteiger charge is 2.40. The molecule has 2 saturated carbocycles. The van der Waals surface area contributed by atoms with Gasteiger partial charge in [-0.15, -0.1) is 0 Å². The molecule has 0 radical (unpaired) electrons. The Hall–Kier alpha value is -3.55. The van der Waals surface area contributed by atoms with Crippen molar-refractivity contribution in [2.24, 2.45) is 0 Å². The standard InChI is InChI=1S/C26H25FN2O5/c1-14(17-4-2-3-5-23(17)34-16-7-8-16)28-25(32)19-10-9-18-20(24(19)27)13-29(26(18)33)21-11-6-15(30)12-22(21)31/h2-5,9-10,14,16,21H,6-8,11-13H2,1H3,(H,28,32)/t14-,21?/m0/s1. The van der Waals surface area contributed by atoms with E-state index in [9.17, 15) is 19.2 Å². The molecule has 3 aliphatic rings. The lowest BCUT2D eigenvalue weighted by Gasteiger charge is -2.29. The Bertz CT molecular complexity index is 1210. The average molecular weight is 464 g/mol. The molecule has 1 N–H and O–H groups in total. The van der Waals surface area contributed by atoms with Gasteiger partial charge in [-0.3, -0.25) is 19.2 Å². The van der Waals surface area contributed by atoms with Gasteiger partial charge in [0.25, 0.3) is 11.8 Å². The van der Waals surface area contributed by atoms with Crippen molar-refractivity contribution in [2.45, 2.75) is 63.8 Å². The molecule has 2 aromatic carbocycles. The molecule has 2 aromatic rings. The highest BCUT2D eigenvalue weighted by molar-refractivity contribution is 6.08. The Morgan fingerprint density at radius 2 is 1.88 bits per heavy atom. The van der Waals surface area contributed by atoms with Gasteiger partial charge in [0.15, 0.2) is 5.78 Å². The van der Waals surface area contributed by atoms with E-state index in [2.05, 4.69) is 5.32 Å². The fraction of sp³-hybridized carbons (Fsp3) is 0.385. The van der Waals surface area contributed by atoms with Crippen LogP contribution in [0.5, 0.6) is 5.75 Å². The second kappa shape index (κ2) is 8.66. The molecule has 2 atom stereocenters. The molecule has 0 bridgehead atoms. The Morgan fingerprint density at radius 3 is 2.62 bits per heavy atom. The third-order valence-electron chi connectivity index (χ3n) is 6.67. The van der Waals surface area contributed by atoms with Crippen molar-refractivity contribution >= 4 is 23.4 Å². The van der Waals surface area contributed by atoms with Crippen LogP contribution in [0.15, 0.2) is 36.4 Å². The lowest BCUT2D eigenvalue weighted by molar-refractivity contribution is -0.133. The number of ketones is 2. The summed E-state index contributed by atoms with van der Waals surface area (Å²) in [5.74, 6) is -1.58. The first-order valence-electron chi connectivity index (χ1n) is 11.6. The number of fused-ring (bicyclic) bond motifs is 1. The van der Waals surface area contributed by atoms with Gasteiger partial charge >= 0.3 is 0 Å². The van der Waals surface area contributed by atoms with Crippen molar-refractivity contribution in [1.29, 1.82) is 0 Å². The van der Waals surface area contributed by atoms with Crippen LogP contribution in [0.1, 0.15) is 76.9 Å². The van der Waals surface area contributed by atoms with Gasteiger partial charge < -0.3 is 15.0 Å². The maximum absolute atomic E-state index is 15.4. The van der Waals surface area contributed by atoms with E-state index in [1.165, 1.54) is 17.0 Å². The summed E-state index contributed by atoms with van der Waals surface area (Å²) in [6.45, 7) is 1.71. The maximum atomic E-state index is 15.4. The number of Topliss-reactive ketones (excluding diaryl/α,β-unsaturated/α-hetero) is 2. The van der Waals surface area contributed by atoms with E-state index in [0.29, 0.717) is 5.75 Å². The minimum absolute atomic E-state index is 0.0979. The minimum atomic E-state index is -0.764. The first-order chi connectivity index (χ1) is 16.3. The lowest BCUT2D eigenvalue weighted by atomic mass is 9.92. The average Bonchev–Trinajstić information content (AvgIpc) is 3.56. The fourth-order valence-electron chi connectivity index (χ4n) is 4.65. The zero-order valence-electron chi connectivity index (χ0n) is 18.8. The van der Waals surface area contributed by atoms with Crippen LogP contribution in [0, 0.1) is 5.82 Å². The van der Waals surface area contributed by atoms with Crippen LogP contribution in [-0.2, 0) is 16.1 Å². The Labute approximate surface area is 196 Å². The molecule has 0 saturated heterocycles. The Balaban J connectivity index is 1.34. The van der Waals surface area contributed by atoms with Crippen molar-refractivity contribution in [3.8, 4) is 5.75 Å². The topological polar surface area (TPSA) is 92.8 Å². The number of benzene rings is 2. The van der Waals surface area contributed by atoms with E-state index in [-0.39, 0.29) is 60.2 Å². The molecule has 176 valence electrons. The summed E-state index contributed by atoms with van der Waals surface area (Å²) in [4.78, 5) is 51.0. The third-order valence-corrected chi connectivity index (χ3v) is 6.67.